The van der Waals surface area contributed by atoms with Crippen LogP contribution in [0.15, 0.2) is 53.5 Å². The second kappa shape index (κ2) is 8.78. The predicted molar refractivity (Wildman–Crippen MR) is 91.0 cm³/mol. The van der Waals surface area contributed by atoms with Gasteiger partial charge in [-0.05, 0) is 48.2 Å². The van der Waals surface area contributed by atoms with E-state index in [1.54, 1.807) is 25.2 Å². The molecule has 0 bridgehead atoms. The van der Waals surface area contributed by atoms with Gasteiger partial charge in [0.25, 0.3) is 0 Å². The molecule has 2 aromatic rings. The summed E-state index contributed by atoms with van der Waals surface area (Å²) in [6, 6.07) is 13.7. The Kier molecular flexibility index (Phi) is 6.41. The molecule has 0 spiro atoms. The fraction of sp³-hybridized carbons (Fsp3) is 0.278. The smallest absolute Gasteiger partial charge is 0.191 e. The fourth-order valence-corrected chi connectivity index (χ4v) is 2.22. The molecule has 122 valence electrons. The molecule has 2 rings (SSSR count). The Labute approximate surface area is 136 Å². The zero-order valence-electron chi connectivity index (χ0n) is 13.2. The Morgan fingerprint density at radius 3 is 2.57 bits per heavy atom. The van der Waals surface area contributed by atoms with Gasteiger partial charge in [-0.1, -0.05) is 24.3 Å². The number of halogens is 1. The summed E-state index contributed by atoms with van der Waals surface area (Å²) in [5.74, 6) is 0.745. The Hall–Kier alpha value is -2.56. The number of rotatable bonds is 6. The van der Waals surface area contributed by atoms with Crippen molar-refractivity contribution in [2.75, 3.05) is 13.6 Å². The molecule has 0 aromatic heterocycles. The van der Waals surface area contributed by atoms with E-state index in [2.05, 4.69) is 15.6 Å². The Morgan fingerprint density at radius 2 is 1.87 bits per heavy atom. The largest absolute Gasteiger partial charge is 0.508 e. The number of phenols is 1. The molecule has 5 heteroatoms. The summed E-state index contributed by atoms with van der Waals surface area (Å²) in [5, 5.41) is 15.6. The predicted octanol–water partition coefficient (Wildman–Crippen LogP) is 2.83. The lowest BCUT2D eigenvalue weighted by atomic mass is 10.1. The zero-order chi connectivity index (χ0) is 16.5. The molecule has 0 saturated carbocycles. The van der Waals surface area contributed by atoms with E-state index in [1.807, 2.05) is 18.2 Å². The molecular formula is C18H22FN3O. The summed E-state index contributed by atoms with van der Waals surface area (Å²) in [6.45, 7) is 1.30. The summed E-state index contributed by atoms with van der Waals surface area (Å²) in [4.78, 5) is 4.15. The van der Waals surface area contributed by atoms with Gasteiger partial charge in [-0.2, -0.15) is 0 Å². The fourth-order valence-electron chi connectivity index (χ4n) is 2.22. The highest BCUT2D eigenvalue weighted by Gasteiger charge is 2.00. The van der Waals surface area contributed by atoms with Crippen LogP contribution in [0.25, 0.3) is 0 Å². The first-order valence-corrected chi connectivity index (χ1v) is 7.64. The number of benzene rings is 2. The molecule has 0 saturated heterocycles. The van der Waals surface area contributed by atoms with Crippen LogP contribution in [0.3, 0.4) is 0 Å². The summed E-state index contributed by atoms with van der Waals surface area (Å²) in [7, 11) is 1.71. The first-order valence-electron chi connectivity index (χ1n) is 7.64. The van der Waals surface area contributed by atoms with E-state index in [9.17, 15) is 9.50 Å². The van der Waals surface area contributed by atoms with Crippen molar-refractivity contribution in [3.8, 4) is 5.75 Å². The molecule has 3 N–H and O–H groups in total. The van der Waals surface area contributed by atoms with Gasteiger partial charge in [0.2, 0.25) is 0 Å². The van der Waals surface area contributed by atoms with Crippen molar-refractivity contribution >= 4 is 5.96 Å². The third-order valence-electron chi connectivity index (χ3n) is 3.44. The van der Waals surface area contributed by atoms with E-state index >= 15 is 0 Å². The van der Waals surface area contributed by atoms with Crippen molar-refractivity contribution in [2.45, 2.75) is 19.4 Å². The van der Waals surface area contributed by atoms with Gasteiger partial charge in [0.05, 0.1) is 0 Å². The molecule has 0 aliphatic rings. The molecule has 4 nitrogen and oxygen atoms in total. The van der Waals surface area contributed by atoms with Gasteiger partial charge >= 0.3 is 0 Å². The molecule has 0 fully saturated rings. The van der Waals surface area contributed by atoms with E-state index in [-0.39, 0.29) is 11.6 Å². The van der Waals surface area contributed by atoms with Gasteiger partial charge in [0, 0.05) is 20.1 Å². The minimum Gasteiger partial charge on any atom is -0.508 e. The quantitative estimate of drug-likeness (QED) is 0.436. The standard InChI is InChI=1S/C18H22FN3O/c1-20-18(22-13-15-4-2-6-16(19)12-15)21-11-3-5-14-7-9-17(23)10-8-14/h2,4,6-10,12,23H,3,5,11,13H2,1H3,(H2,20,21,22). The molecule has 0 aliphatic carbocycles. The van der Waals surface area contributed by atoms with Crippen LogP contribution in [0.1, 0.15) is 17.5 Å². The average molecular weight is 315 g/mol. The van der Waals surface area contributed by atoms with E-state index in [0.29, 0.717) is 12.5 Å². The van der Waals surface area contributed by atoms with Gasteiger partial charge in [0.15, 0.2) is 5.96 Å². The Morgan fingerprint density at radius 1 is 1.09 bits per heavy atom. The summed E-state index contributed by atoms with van der Waals surface area (Å²) in [5.41, 5.74) is 2.06. The van der Waals surface area contributed by atoms with Crippen molar-refractivity contribution in [1.82, 2.24) is 10.6 Å². The van der Waals surface area contributed by atoms with Crippen LogP contribution in [0.5, 0.6) is 5.75 Å². The van der Waals surface area contributed by atoms with Gasteiger partial charge in [-0.25, -0.2) is 4.39 Å². The van der Waals surface area contributed by atoms with Crippen molar-refractivity contribution in [3.05, 3.63) is 65.5 Å². The Bertz CT molecular complexity index is 641. The van der Waals surface area contributed by atoms with Crippen molar-refractivity contribution in [3.63, 3.8) is 0 Å². The highest BCUT2D eigenvalue weighted by atomic mass is 19.1. The zero-order valence-corrected chi connectivity index (χ0v) is 13.2. The normalized spacial score (nSPS) is 11.3. The van der Waals surface area contributed by atoms with E-state index in [1.165, 1.54) is 17.7 Å². The van der Waals surface area contributed by atoms with Crippen LogP contribution < -0.4 is 10.6 Å². The first-order chi connectivity index (χ1) is 11.2. The molecule has 0 amide bonds. The summed E-state index contributed by atoms with van der Waals surface area (Å²) < 4.78 is 13.1. The molecule has 2 aromatic carbocycles. The maximum atomic E-state index is 13.1. The molecule has 0 atom stereocenters. The van der Waals surface area contributed by atoms with Crippen molar-refractivity contribution < 1.29 is 9.50 Å². The Balaban J connectivity index is 1.69. The van der Waals surface area contributed by atoms with E-state index < -0.39 is 0 Å². The number of aryl methyl sites for hydroxylation is 1. The molecule has 0 unspecified atom stereocenters. The van der Waals surface area contributed by atoms with Gasteiger partial charge in [0.1, 0.15) is 11.6 Å². The third-order valence-corrected chi connectivity index (χ3v) is 3.44. The molecular weight excluding hydrogens is 293 g/mol. The van der Waals surface area contributed by atoms with Gasteiger partial charge in [-0.15, -0.1) is 0 Å². The van der Waals surface area contributed by atoms with Gasteiger partial charge in [-0.3, -0.25) is 4.99 Å². The molecule has 0 heterocycles. The molecule has 0 radical (unpaired) electrons. The highest BCUT2D eigenvalue weighted by Crippen LogP contribution is 2.10. The topological polar surface area (TPSA) is 56.7 Å². The second-order valence-electron chi connectivity index (χ2n) is 5.25. The van der Waals surface area contributed by atoms with Crippen LogP contribution in [0, 0.1) is 5.82 Å². The lowest BCUT2D eigenvalue weighted by Crippen LogP contribution is -2.37. The lowest BCUT2D eigenvalue weighted by molar-refractivity contribution is 0.475. The second-order valence-corrected chi connectivity index (χ2v) is 5.25. The lowest BCUT2D eigenvalue weighted by Gasteiger charge is -2.12. The number of phenolic OH excluding ortho intramolecular Hbond substituents is 1. The summed E-state index contributed by atoms with van der Waals surface area (Å²) in [6.07, 6.45) is 1.87. The van der Waals surface area contributed by atoms with Crippen LogP contribution in [-0.4, -0.2) is 24.7 Å². The number of nitrogens with zero attached hydrogens (tertiary/aromatic N) is 1. The number of aromatic hydroxyl groups is 1. The monoisotopic (exact) mass is 315 g/mol. The molecule has 23 heavy (non-hydrogen) atoms. The maximum Gasteiger partial charge on any atom is 0.191 e. The maximum absolute atomic E-state index is 13.1. The first kappa shape index (κ1) is 16.8. The van der Waals surface area contributed by atoms with Crippen LogP contribution >= 0.6 is 0 Å². The van der Waals surface area contributed by atoms with E-state index in [4.69, 9.17) is 0 Å². The number of guanidine groups is 1. The van der Waals surface area contributed by atoms with Crippen LogP contribution in [0.4, 0.5) is 4.39 Å². The SMILES string of the molecule is CN=C(NCCCc1ccc(O)cc1)NCc1cccc(F)c1. The number of hydrogen-bond acceptors (Lipinski definition) is 2. The van der Waals surface area contributed by atoms with Crippen LogP contribution in [0.2, 0.25) is 0 Å². The van der Waals surface area contributed by atoms with Gasteiger partial charge < -0.3 is 15.7 Å². The van der Waals surface area contributed by atoms with Crippen molar-refractivity contribution in [1.29, 1.82) is 0 Å². The van der Waals surface area contributed by atoms with Crippen LogP contribution in [-0.2, 0) is 13.0 Å². The van der Waals surface area contributed by atoms with Crippen molar-refractivity contribution in [2.24, 2.45) is 4.99 Å². The van der Waals surface area contributed by atoms with E-state index in [0.717, 1.165) is 24.9 Å². The number of hydrogen-bond donors (Lipinski definition) is 3. The summed E-state index contributed by atoms with van der Waals surface area (Å²) >= 11 is 0. The molecule has 0 aliphatic heterocycles. The number of nitrogens with one attached hydrogen (secondary N) is 2. The minimum atomic E-state index is -0.235. The minimum absolute atomic E-state index is 0.235. The average Bonchev–Trinajstić information content (AvgIpc) is 2.56. The highest BCUT2D eigenvalue weighted by molar-refractivity contribution is 5.79. The third kappa shape index (κ3) is 5.98. The number of aliphatic imine (C=N–C) groups is 1.